The van der Waals surface area contributed by atoms with Gasteiger partial charge < -0.3 is 10.2 Å². The number of aliphatic hydroxyl groups is 2. The van der Waals surface area contributed by atoms with Crippen LogP contribution in [0.2, 0.25) is 0 Å². The minimum Gasteiger partial charge on any atom is -0.390 e. The van der Waals surface area contributed by atoms with Crippen molar-refractivity contribution in [2.45, 2.75) is 65.1 Å². The monoisotopic (exact) mass is 238 g/mol. The third-order valence-corrected chi connectivity index (χ3v) is 6.90. The molecular formula is C15H26O2. The molecule has 2 nitrogen and oxygen atoms in total. The van der Waals surface area contributed by atoms with E-state index >= 15 is 0 Å². The fraction of sp³-hybridized carbons (Fsp3) is 1.00. The van der Waals surface area contributed by atoms with Crippen LogP contribution in [0.3, 0.4) is 0 Å². The van der Waals surface area contributed by atoms with E-state index in [1.807, 2.05) is 6.92 Å². The molecule has 3 aliphatic rings. The van der Waals surface area contributed by atoms with Crippen LogP contribution in [0.5, 0.6) is 0 Å². The summed E-state index contributed by atoms with van der Waals surface area (Å²) in [6.07, 6.45) is 3.98. The standard InChI is InChI=1S/C15H26O2/c1-9-5-6-10-13(2,3)11-7-15(9,10)8-12(16)14(11,4)17/h9-12,16-17H,5-8H2,1-4H3/t9-,10-,11+,12-,14+,15+/m0/s1. The Kier molecular flexibility index (Phi) is 2.17. The van der Waals surface area contributed by atoms with E-state index in [2.05, 4.69) is 20.8 Å². The zero-order valence-electron chi connectivity index (χ0n) is 11.5. The van der Waals surface area contributed by atoms with Gasteiger partial charge >= 0.3 is 0 Å². The second-order valence-electron chi connectivity index (χ2n) is 7.79. The third-order valence-electron chi connectivity index (χ3n) is 6.90. The van der Waals surface area contributed by atoms with Gasteiger partial charge in [-0.3, -0.25) is 0 Å². The first kappa shape index (κ1) is 12.0. The van der Waals surface area contributed by atoms with Gasteiger partial charge in [0.25, 0.3) is 0 Å². The SMILES string of the molecule is C[C@H]1CC[C@H]2C(C)(C)[C@H]3C[C@@]12C[C@H](O)[C@]3(C)O. The van der Waals surface area contributed by atoms with E-state index in [0.29, 0.717) is 17.3 Å². The first-order valence-corrected chi connectivity index (χ1v) is 7.13. The Bertz CT molecular complexity index is 347. The van der Waals surface area contributed by atoms with Crippen molar-refractivity contribution in [3.8, 4) is 0 Å². The molecule has 6 atom stereocenters. The first-order chi connectivity index (χ1) is 7.73. The van der Waals surface area contributed by atoms with Crippen LogP contribution in [0.15, 0.2) is 0 Å². The molecular weight excluding hydrogens is 212 g/mol. The maximum Gasteiger partial charge on any atom is 0.0911 e. The number of hydrogen-bond donors (Lipinski definition) is 2. The molecule has 2 N–H and O–H groups in total. The second-order valence-corrected chi connectivity index (χ2v) is 7.79. The molecule has 98 valence electrons. The number of fused-ring (bicyclic) bond motifs is 1. The van der Waals surface area contributed by atoms with E-state index in [9.17, 15) is 10.2 Å². The fourth-order valence-corrected chi connectivity index (χ4v) is 5.86. The van der Waals surface area contributed by atoms with Crippen LogP contribution in [0.1, 0.15) is 53.4 Å². The molecule has 0 aromatic rings. The number of rotatable bonds is 0. The van der Waals surface area contributed by atoms with Crippen molar-refractivity contribution in [1.29, 1.82) is 0 Å². The van der Waals surface area contributed by atoms with Crippen LogP contribution in [0, 0.1) is 28.6 Å². The van der Waals surface area contributed by atoms with Crippen molar-refractivity contribution in [3.05, 3.63) is 0 Å². The molecule has 3 saturated carbocycles. The Morgan fingerprint density at radius 2 is 1.65 bits per heavy atom. The van der Waals surface area contributed by atoms with Crippen LogP contribution < -0.4 is 0 Å². The molecule has 0 aromatic carbocycles. The molecule has 0 radical (unpaired) electrons. The summed E-state index contributed by atoms with van der Waals surface area (Å²) in [4.78, 5) is 0. The van der Waals surface area contributed by atoms with Crippen molar-refractivity contribution in [3.63, 3.8) is 0 Å². The smallest absolute Gasteiger partial charge is 0.0911 e. The van der Waals surface area contributed by atoms with Gasteiger partial charge in [-0.25, -0.2) is 0 Å². The van der Waals surface area contributed by atoms with Gasteiger partial charge in [0.1, 0.15) is 0 Å². The molecule has 1 spiro atoms. The summed E-state index contributed by atoms with van der Waals surface area (Å²) in [6.45, 7) is 8.83. The molecule has 0 saturated heterocycles. The summed E-state index contributed by atoms with van der Waals surface area (Å²) in [6, 6.07) is 0. The topological polar surface area (TPSA) is 40.5 Å². The third kappa shape index (κ3) is 1.19. The summed E-state index contributed by atoms with van der Waals surface area (Å²) < 4.78 is 0. The molecule has 3 aliphatic carbocycles. The lowest BCUT2D eigenvalue weighted by molar-refractivity contribution is -0.153. The van der Waals surface area contributed by atoms with E-state index < -0.39 is 11.7 Å². The quantitative estimate of drug-likeness (QED) is 0.681. The normalized spacial score (nSPS) is 60.4. The Morgan fingerprint density at radius 3 is 2.29 bits per heavy atom. The molecule has 0 amide bonds. The molecule has 2 bridgehead atoms. The Labute approximate surface area is 104 Å². The Morgan fingerprint density at radius 1 is 1.00 bits per heavy atom. The minimum absolute atomic E-state index is 0.172. The molecule has 0 heterocycles. The van der Waals surface area contributed by atoms with Crippen LogP contribution in [0.4, 0.5) is 0 Å². The number of aliphatic hydroxyl groups excluding tert-OH is 1. The molecule has 2 heteroatoms. The Balaban J connectivity index is 2.10. The first-order valence-electron chi connectivity index (χ1n) is 7.13. The lowest BCUT2D eigenvalue weighted by Gasteiger charge is -2.47. The zero-order chi connectivity index (χ0) is 12.6. The van der Waals surface area contributed by atoms with Crippen molar-refractivity contribution in [2.75, 3.05) is 0 Å². The van der Waals surface area contributed by atoms with Gasteiger partial charge in [-0.1, -0.05) is 20.8 Å². The van der Waals surface area contributed by atoms with Crippen molar-refractivity contribution in [1.82, 2.24) is 0 Å². The van der Waals surface area contributed by atoms with Gasteiger partial charge in [-0.05, 0) is 61.2 Å². The average molecular weight is 238 g/mol. The molecule has 17 heavy (non-hydrogen) atoms. The van der Waals surface area contributed by atoms with Crippen molar-refractivity contribution < 1.29 is 10.2 Å². The van der Waals surface area contributed by atoms with E-state index in [-0.39, 0.29) is 11.3 Å². The van der Waals surface area contributed by atoms with Gasteiger partial charge in [0, 0.05) is 0 Å². The highest BCUT2D eigenvalue weighted by atomic mass is 16.3. The molecule has 3 fully saturated rings. The maximum atomic E-state index is 10.7. The molecule has 0 aromatic heterocycles. The van der Waals surface area contributed by atoms with E-state index in [0.717, 1.165) is 12.8 Å². The van der Waals surface area contributed by atoms with Crippen LogP contribution >= 0.6 is 0 Å². The second kappa shape index (κ2) is 3.08. The van der Waals surface area contributed by atoms with Crippen molar-refractivity contribution in [2.24, 2.45) is 28.6 Å². The van der Waals surface area contributed by atoms with E-state index in [1.54, 1.807) is 0 Å². The molecule has 0 aliphatic heterocycles. The fourth-order valence-electron chi connectivity index (χ4n) is 5.86. The molecule has 3 rings (SSSR count). The molecule has 0 unspecified atom stereocenters. The van der Waals surface area contributed by atoms with E-state index in [4.69, 9.17) is 0 Å². The predicted octanol–water partition coefficient (Wildman–Crippen LogP) is 2.58. The van der Waals surface area contributed by atoms with Crippen molar-refractivity contribution >= 4 is 0 Å². The minimum atomic E-state index is -0.890. The highest BCUT2D eigenvalue weighted by Gasteiger charge is 2.70. The average Bonchev–Trinajstić information content (AvgIpc) is 2.61. The summed E-state index contributed by atoms with van der Waals surface area (Å²) in [5.74, 6) is 1.66. The van der Waals surface area contributed by atoms with Crippen LogP contribution in [-0.4, -0.2) is 21.9 Å². The largest absolute Gasteiger partial charge is 0.390 e. The van der Waals surface area contributed by atoms with Crippen LogP contribution in [0.25, 0.3) is 0 Å². The number of hydrogen-bond acceptors (Lipinski definition) is 2. The predicted molar refractivity (Wildman–Crippen MR) is 67.5 cm³/mol. The zero-order valence-corrected chi connectivity index (χ0v) is 11.5. The summed E-state index contributed by atoms with van der Waals surface area (Å²) in [5, 5.41) is 21.0. The summed E-state index contributed by atoms with van der Waals surface area (Å²) in [7, 11) is 0. The highest BCUT2D eigenvalue weighted by molar-refractivity contribution is 5.19. The lowest BCUT2D eigenvalue weighted by Crippen LogP contribution is -2.53. The van der Waals surface area contributed by atoms with Gasteiger partial charge in [-0.15, -0.1) is 0 Å². The van der Waals surface area contributed by atoms with Gasteiger partial charge in [-0.2, -0.15) is 0 Å². The summed E-state index contributed by atoms with van der Waals surface area (Å²) in [5.41, 5.74) is -0.402. The lowest BCUT2D eigenvalue weighted by atomic mass is 9.63. The Hall–Kier alpha value is -0.0800. The van der Waals surface area contributed by atoms with Gasteiger partial charge in [0.15, 0.2) is 0 Å². The summed E-state index contributed by atoms with van der Waals surface area (Å²) >= 11 is 0. The highest BCUT2D eigenvalue weighted by Crippen LogP contribution is 2.73. The van der Waals surface area contributed by atoms with Gasteiger partial charge in [0.2, 0.25) is 0 Å². The van der Waals surface area contributed by atoms with Crippen LogP contribution in [-0.2, 0) is 0 Å². The van der Waals surface area contributed by atoms with Gasteiger partial charge in [0.05, 0.1) is 11.7 Å². The maximum absolute atomic E-state index is 10.7. The van der Waals surface area contributed by atoms with E-state index in [1.165, 1.54) is 12.8 Å².